The topological polar surface area (TPSA) is 41.6 Å². The number of amides is 1. The molecule has 2 rings (SSSR count). The number of ether oxygens (including phenoxy) is 1. The van der Waals surface area contributed by atoms with Crippen LogP contribution in [0.15, 0.2) is 0 Å². The second-order valence-electron chi connectivity index (χ2n) is 5.34. The van der Waals surface area contributed by atoms with Crippen molar-refractivity contribution >= 4 is 5.91 Å². The van der Waals surface area contributed by atoms with E-state index in [1.165, 1.54) is 19.3 Å². The molecule has 2 aliphatic rings. The predicted molar refractivity (Wildman–Crippen MR) is 66.8 cm³/mol. The van der Waals surface area contributed by atoms with Crippen molar-refractivity contribution in [1.29, 1.82) is 0 Å². The Morgan fingerprint density at radius 1 is 1.41 bits per heavy atom. The molecule has 1 atom stereocenters. The van der Waals surface area contributed by atoms with Gasteiger partial charge in [0.2, 0.25) is 5.91 Å². The number of hydrogen-bond donors (Lipinski definition) is 1. The molecule has 0 radical (unpaired) electrons. The molecule has 0 aliphatic carbocycles. The summed E-state index contributed by atoms with van der Waals surface area (Å²) in [5, 5.41) is 3.48. The van der Waals surface area contributed by atoms with E-state index < -0.39 is 0 Å². The lowest BCUT2D eigenvalue weighted by atomic mass is 9.74. The van der Waals surface area contributed by atoms with Crippen LogP contribution in [0.3, 0.4) is 0 Å². The molecular weight excluding hydrogens is 216 g/mol. The van der Waals surface area contributed by atoms with Crippen molar-refractivity contribution < 1.29 is 9.53 Å². The molecule has 4 heteroatoms. The van der Waals surface area contributed by atoms with Crippen LogP contribution in [0.25, 0.3) is 0 Å². The van der Waals surface area contributed by atoms with Crippen molar-refractivity contribution in [1.82, 2.24) is 10.2 Å². The number of carbonyl (C=O) groups excluding carboxylic acids is 1. The summed E-state index contributed by atoms with van der Waals surface area (Å²) in [6, 6.07) is 0. The Labute approximate surface area is 104 Å². The van der Waals surface area contributed by atoms with E-state index in [2.05, 4.69) is 5.32 Å². The molecule has 1 spiro atoms. The minimum absolute atomic E-state index is 0.163. The van der Waals surface area contributed by atoms with Crippen LogP contribution < -0.4 is 5.32 Å². The Kier molecular flexibility index (Phi) is 4.40. The Bertz CT molecular complexity index is 257. The standard InChI is InChI=1S/C13H24N2O2/c1-2-17-9-12(16)15-8-4-6-13(11-15)5-3-7-14-10-13/h14H,2-11H2,1H3. The molecule has 2 aliphatic heterocycles. The first-order valence-corrected chi connectivity index (χ1v) is 6.82. The minimum Gasteiger partial charge on any atom is -0.372 e. The highest BCUT2D eigenvalue weighted by Crippen LogP contribution is 2.35. The fourth-order valence-corrected chi connectivity index (χ4v) is 3.08. The molecule has 1 amide bonds. The molecule has 2 fully saturated rings. The normalized spacial score (nSPS) is 29.6. The van der Waals surface area contributed by atoms with E-state index in [4.69, 9.17) is 4.74 Å². The van der Waals surface area contributed by atoms with E-state index in [-0.39, 0.29) is 12.5 Å². The third-order valence-corrected chi connectivity index (χ3v) is 4.00. The second-order valence-corrected chi connectivity index (χ2v) is 5.34. The number of nitrogens with zero attached hydrogens (tertiary/aromatic N) is 1. The fourth-order valence-electron chi connectivity index (χ4n) is 3.08. The summed E-state index contributed by atoms with van der Waals surface area (Å²) in [5.74, 6) is 0.163. The third kappa shape index (κ3) is 3.19. The van der Waals surface area contributed by atoms with Crippen molar-refractivity contribution in [3.63, 3.8) is 0 Å². The van der Waals surface area contributed by atoms with E-state index in [9.17, 15) is 4.79 Å². The Hall–Kier alpha value is -0.610. The molecule has 1 N–H and O–H groups in total. The molecule has 4 nitrogen and oxygen atoms in total. The number of hydrogen-bond acceptors (Lipinski definition) is 3. The molecular formula is C13H24N2O2. The summed E-state index contributed by atoms with van der Waals surface area (Å²) in [4.78, 5) is 14.0. The van der Waals surface area contributed by atoms with Crippen molar-refractivity contribution in [3.05, 3.63) is 0 Å². The molecule has 1 unspecified atom stereocenters. The van der Waals surface area contributed by atoms with Gasteiger partial charge >= 0.3 is 0 Å². The number of likely N-dealkylation sites (tertiary alicyclic amines) is 1. The van der Waals surface area contributed by atoms with Crippen molar-refractivity contribution in [2.45, 2.75) is 32.6 Å². The quantitative estimate of drug-likeness (QED) is 0.800. The smallest absolute Gasteiger partial charge is 0.248 e. The molecule has 2 saturated heterocycles. The number of rotatable bonds is 3. The van der Waals surface area contributed by atoms with Crippen molar-refractivity contribution in [2.24, 2.45) is 5.41 Å². The zero-order valence-corrected chi connectivity index (χ0v) is 10.8. The lowest BCUT2D eigenvalue weighted by molar-refractivity contribution is -0.139. The lowest BCUT2D eigenvalue weighted by Crippen LogP contribution is -2.53. The van der Waals surface area contributed by atoms with Crippen LogP contribution in [0.1, 0.15) is 32.6 Å². The van der Waals surface area contributed by atoms with Gasteiger partial charge < -0.3 is 15.0 Å². The van der Waals surface area contributed by atoms with Crippen molar-refractivity contribution in [2.75, 3.05) is 39.4 Å². The van der Waals surface area contributed by atoms with Gasteiger partial charge in [0, 0.05) is 31.7 Å². The summed E-state index contributed by atoms with van der Waals surface area (Å²) in [7, 11) is 0. The largest absolute Gasteiger partial charge is 0.372 e. The lowest BCUT2D eigenvalue weighted by Gasteiger charge is -2.45. The SMILES string of the molecule is CCOCC(=O)N1CCCC2(CCCNC2)C1. The minimum atomic E-state index is 0.163. The molecule has 0 aromatic rings. The summed E-state index contributed by atoms with van der Waals surface area (Å²) in [6.07, 6.45) is 4.91. The highest BCUT2D eigenvalue weighted by atomic mass is 16.5. The first-order valence-electron chi connectivity index (χ1n) is 6.82. The summed E-state index contributed by atoms with van der Waals surface area (Å²) < 4.78 is 5.22. The third-order valence-electron chi connectivity index (χ3n) is 4.00. The van der Waals surface area contributed by atoms with Crippen LogP contribution in [0, 0.1) is 5.41 Å². The fraction of sp³-hybridized carbons (Fsp3) is 0.923. The molecule has 0 saturated carbocycles. The Morgan fingerprint density at radius 2 is 2.24 bits per heavy atom. The highest BCUT2D eigenvalue weighted by Gasteiger charge is 2.37. The van der Waals surface area contributed by atoms with Crippen LogP contribution in [0.4, 0.5) is 0 Å². The number of nitrogens with one attached hydrogen (secondary N) is 1. The number of piperidine rings is 2. The molecule has 98 valence electrons. The molecule has 0 aromatic heterocycles. The van der Waals surface area contributed by atoms with Gasteiger partial charge in [-0.15, -0.1) is 0 Å². The van der Waals surface area contributed by atoms with Gasteiger partial charge in [-0.2, -0.15) is 0 Å². The number of carbonyl (C=O) groups is 1. The zero-order valence-electron chi connectivity index (χ0n) is 10.8. The first kappa shape index (κ1) is 12.8. The average Bonchev–Trinajstić information content (AvgIpc) is 2.37. The van der Waals surface area contributed by atoms with Crippen LogP contribution in [0.5, 0.6) is 0 Å². The average molecular weight is 240 g/mol. The van der Waals surface area contributed by atoms with E-state index in [0.29, 0.717) is 12.0 Å². The molecule has 17 heavy (non-hydrogen) atoms. The van der Waals surface area contributed by atoms with Gasteiger partial charge in [-0.3, -0.25) is 4.79 Å². The van der Waals surface area contributed by atoms with Gasteiger partial charge in [0.15, 0.2) is 0 Å². The van der Waals surface area contributed by atoms with E-state index in [1.807, 2.05) is 11.8 Å². The van der Waals surface area contributed by atoms with Gasteiger partial charge in [-0.25, -0.2) is 0 Å². The van der Waals surface area contributed by atoms with Crippen LogP contribution in [-0.4, -0.2) is 50.2 Å². The monoisotopic (exact) mass is 240 g/mol. The maximum Gasteiger partial charge on any atom is 0.248 e. The summed E-state index contributed by atoms with van der Waals surface area (Å²) in [5.41, 5.74) is 0.346. The summed E-state index contributed by atoms with van der Waals surface area (Å²) >= 11 is 0. The molecule has 0 aromatic carbocycles. The summed E-state index contributed by atoms with van der Waals surface area (Å²) in [6.45, 7) is 6.84. The van der Waals surface area contributed by atoms with Gasteiger partial charge in [0.05, 0.1) is 0 Å². The van der Waals surface area contributed by atoms with Gasteiger partial charge in [0.25, 0.3) is 0 Å². The highest BCUT2D eigenvalue weighted by molar-refractivity contribution is 5.77. The first-order chi connectivity index (χ1) is 8.26. The van der Waals surface area contributed by atoms with Gasteiger partial charge in [0.1, 0.15) is 6.61 Å². The van der Waals surface area contributed by atoms with Crippen molar-refractivity contribution in [3.8, 4) is 0 Å². The van der Waals surface area contributed by atoms with E-state index >= 15 is 0 Å². The maximum atomic E-state index is 12.0. The Morgan fingerprint density at radius 3 is 2.94 bits per heavy atom. The van der Waals surface area contributed by atoms with Gasteiger partial charge in [-0.05, 0) is 39.2 Å². The molecule has 0 bridgehead atoms. The maximum absolute atomic E-state index is 12.0. The van der Waals surface area contributed by atoms with Crippen LogP contribution in [-0.2, 0) is 9.53 Å². The van der Waals surface area contributed by atoms with Crippen LogP contribution >= 0.6 is 0 Å². The zero-order chi connectivity index (χ0) is 12.1. The van der Waals surface area contributed by atoms with Gasteiger partial charge in [-0.1, -0.05) is 0 Å². The second kappa shape index (κ2) is 5.83. The van der Waals surface area contributed by atoms with E-state index in [0.717, 1.165) is 32.6 Å². The predicted octanol–water partition coefficient (Wildman–Crippen LogP) is 1.02. The van der Waals surface area contributed by atoms with Crippen LogP contribution in [0.2, 0.25) is 0 Å². The molecule has 2 heterocycles. The van der Waals surface area contributed by atoms with E-state index in [1.54, 1.807) is 0 Å². The Balaban J connectivity index is 1.89.